The smallest absolute Gasteiger partial charge is 0.221 e. The number of nitrogen functional groups attached to an aromatic ring is 1. The van der Waals surface area contributed by atoms with E-state index in [0.717, 1.165) is 18.1 Å². The molecule has 0 fully saturated rings. The molecule has 0 bridgehead atoms. The third-order valence-corrected chi connectivity index (χ3v) is 5.15. The Morgan fingerprint density at radius 3 is 2.12 bits per heavy atom. The molecule has 1 heterocycles. The van der Waals surface area contributed by atoms with E-state index in [1.807, 2.05) is 18.2 Å². The van der Waals surface area contributed by atoms with Gasteiger partial charge in [0.2, 0.25) is 5.95 Å². The van der Waals surface area contributed by atoms with E-state index in [1.165, 1.54) is 0 Å². The minimum Gasteiger partial charge on any atom is -0.506 e. The summed E-state index contributed by atoms with van der Waals surface area (Å²) in [6, 6.07) is 7.31. The third kappa shape index (κ3) is 3.04. The van der Waals surface area contributed by atoms with Gasteiger partial charge in [-0.2, -0.15) is 0 Å². The number of nitrogens with zero attached hydrogens (tertiary/aromatic N) is 2. The second-order valence-electron chi connectivity index (χ2n) is 4.94. The Kier molecular flexibility index (Phi) is 4.85. The van der Waals surface area contributed by atoms with Crippen LogP contribution in [0.15, 0.2) is 24.3 Å². The summed E-state index contributed by atoms with van der Waals surface area (Å²) >= 11 is 4.17. The van der Waals surface area contributed by atoms with Crippen LogP contribution in [0.5, 0.6) is 17.2 Å². The molecule has 0 saturated heterocycles. The monoisotopic (exact) mass is 549 g/mol. The van der Waals surface area contributed by atoms with Gasteiger partial charge in [0, 0.05) is 17.0 Å². The van der Waals surface area contributed by atoms with Crippen molar-refractivity contribution in [3.8, 4) is 28.5 Å². The number of hydrogen-bond donors (Lipinski definition) is 2. The molecule has 2 aromatic carbocycles. The molecule has 0 aliphatic heterocycles. The number of hydrogen-bond acceptors (Lipinski definition) is 6. The van der Waals surface area contributed by atoms with Crippen molar-refractivity contribution in [3.63, 3.8) is 0 Å². The first kappa shape index (κ1) is 17.3. The lowest BCUT2D eigenvalue weighted by Crippen LogP contribution is -2.00. The third-order valence-electron chi connectivity index (χ3n) is 3.51. The number of ether oxygens (including phenoxy) is 2. The van der Waals surface area contributed by atoms with E-state index < -0.39 is 0 Å². The predicted molar refractivity (Wildman–Crippen MR) is 110 cm³/mol. The molecular weight excluding hydrogens is 536 g/mol. The number of halogens is 2. The van der Waals surface area contributed by atoms with Crippen LogP contribution < -0.4 is 15.2 Å². The van der Waals surface area contributed by atoms with Gasteiger partial charge in [-0.25, -0.2) is 9.97 Å². The first-order valence-corrected chi connectivity index (χ1v) is 8.98. The van der Waals surface area contributed by atoms with Crippen molar-refractivity contribution in [3.05, 3.63) is 31.4 Å². The molecule has 8 heteroatoms. The molecular formula is C16H13I2N3O3. The van der Waals surface area contributed by atoms with Crippen molar-refractivity contribution >= 4 is 62.0 Å². The molecule has 0 aliphatic carbocycles. The molecule has 0 radical (unpaired) electrons. The molecule has 0 atom stereocenters. The van der Waals surface area contributed by atoms with E-state index in [1.54, 1.807) is 20.3 Å². The minimum absolute atomic E-state index is 0.169. The van der Waals surface area contributed by atoms with Gasteiger partial charge in [0.15, 0.2) is 11.5 Å². The molecule has 0 saturated carbocycles. The van der Waals surface area contributed by atoms with E-state index >= 15 is 0 Å². The lowest BCUT2D eigenvalue weighted by molar-refractivity contribution is 0.356. The highest BCUT2D eigenvalue weighted by Gasteiger charge is 2.16. The van der Waals surface area contributed by atoms with Gasteiger partial charge in [-0.15, -0.1) is 0 Å². The Bertz CT molecular complexity index is 924. The highest BCUT2D eigenvalue weighted by molar-refractivity contribution is 14.1. The zero-order valence-electron chi connectivity index (χ0n) is 12.8. The zero-order valence-corrected chi connectivity index (χ0v) is 17.1. The van der Waals surface area contributed by atoms with Crippen LogP contribution in [0, 0.1) is 7.14 Å². The maximum absolute atomic E-state index is 9.99. The molecule has 0 aliphatic rings. The predicted octanol–water partition coefficient (Wildman–Crippen LogP) is 3.81. The van der Waals surface area contributed by atoms with Crippen molar-refractivity contribution in [1.29, 1.82) is 0 Å². The molecule has 3 aromatic rings. The minimum atomic E-state index is 0.169. The number of phenolic OH excluding ortho intramolecular Hbond substituents is 1. The summed E-state index contributed by atoms with van der Waals surface area (Å²) in [5, 5.41) is 10.8. The average molecular weight is 549 g/mol. The van der Waals surface area contributed by atoms with Gasteiger partial charge < -0.3 is 20.3 Å². The van der Waals surface area contributed by atoms with Gasteiger partial charge in [0.1, 0.15) is 5.75 Å². The highest BCUT2D eigenvalue weighted by atomic mass is 127. The number of aromatic hydroxyl groups is 1. The van der Waals surface area contributed by atoms with Gasteiger partial charge >= 0.3 is 0 Å². The maximum atomic E-state index is 9.99. The van der Waals surface area contributed by atoms with Crippen LogP contribution in [0.25, 0.3) is 22.2 Å². The first-order chi connectivity index (χ1) is 11.4. The number of anilines is 1. The van der Waals surface area contributed by atoms with E-state index in [4.69, 9.17) is 15.2 Å². The molecule has 1 aromatic heterocycles. The highest BCUT2D eigenvalue weighted by Crippen LogP contribution is 2.38. The van der Waals surface area contributed by atoms with Crippen LogP contribution in [-0.2, 0) is 0 Å². The fourth-order valence-corrected chi connectivity index (χ4v) is 4.16. The fourth-order valence-electron chi connectivity index (χ4n) is 2.40. The maximum Gasteiger partial charge on any atom is 0.221 e. The van der Waals surface area contributed by atoms with Gasteiger partial charge in [-0.3, -0.25) is 0 Å². The molecule has 24 heavy (non-hydrogen) atoms. The number of benzene rings is 2. The van der Waals surface area contributed by atoms with E-state index in [0.29, 0.717) is 22.7 Å². The van der Waals surface area contributed by atoms with E-state index in [-0.39, 0.29) is 11.7 Å². The normalized spacial score (nSPS) is 10.8. The largest absolute Gasteiger partial charge is 0.506 e. The zero-order chi connectivity index (χ0) is 17.4. The topological polar surface area (TPSA) is 90.5 Å². The second kappa shape index (κ2) is 6.75. The average Bonchev–Trinajstić information content (AvgIpc) is 2.57. The van der Waals surface area contributed by atoms with Crippen LogP contribution in [0.1, 0.15) is 0 Å². The molecule has 0 amide bonds. The van der Waals surface area contributed by atoms with E-state index in [2.05, 4.69) is 55.1 Å². The van der Waals surface area contributed by atoms with Gasteiger partial charge in [0.05, 0.1) is 32.6 Å². The summed E-state index contributed by atoms with van der Waals surface area (Å²) in [5.41, 5.74) is 8.06. The quantitative estimate of drug-likeness (QED) is 0.484. The van der Waals surface area contributed by atoms with Crippen LogP contribution >= 0.6 is 45.2 Å². The summed E-state index contributed by atoms with van der Waals surface area (Å²) in [7, 11) is 3.15. The van der Waals surface area contributed by atoms with Crippen molar-refractivity contribution in [2.45, 2.75) is 0 Å². The summed E-state index contributed by atoms with van der Waals surface area (Å²) in [6.07, 6.45) is 0. The molecule has 124 valence electrons. The number of rotatable bonds is 3. The number of aromatic nitrogens is 2. The van der Waals surface area contributed by atoms with Crippen LogP contribution in [0.4, 0.5) is 5.95 Å². The van der Waals surface area contributed by atoms with Crippen LogP contribution in [0.3, 0.4) is 0 Å². The van der Waals surface area contributed by atoms with Crippen molar-refractivity contribution in [2.24, 2.45) is 0 Å². The SMILES string of the molecule is COc1cc2nc(N)nc(-c3cc(I)c(O)c(I)c3)c2cc1OC. The Morgan fingerprint density at radius 2 is 1.54 bits per heavy atom. The number of methoxy groups -OCH3 is 2. The van der Waals surface area contributed by atoms with Gasteiger partial charge in [-0.05, 0) is 63.4 Å². The van der Waals surface area contributed by atoms with Crippen molar-refractivity contribution in [2.75, 3.05) is 20.0 Å². The van der Waals surface area contributed by atoms with Gasteiger partial charge in [0.25, 0.3) is 0 Å². The van der Waals surface area contributed by atoms with Crippen LogP contribution in [0.2, 0.25) is 0 Å². The summed E-state index contributed by atoms with van der Waals surface area (Å²) < 4.78 is 12.2. The Hall–Kier alpha value is -1.56. The molecule has 3 rings (SSSR count). The van der Waals surface area contributed by atoms with Crippen molar-refractivity contribution in [1.82, 2.24) is 9.97 Å². The van der Waals surface area contributed by atoms with Gasteiger partial charge in [-0.1, -0.05) is 0 Å². The van der Waals surface area contributed by atoms with E-state index in [9.17, 15) is 5.11 Å². The fraction of sp³-hybridized carbons (Fsp3) is 0.125. The number of nitrogens with two attached hydrogens (primary N) is 1. The number of fused-ring (bicyclic) bond motifs is 1. The Labute approximate surface area is 165 Å². The molecule has 0 spiro atoms. The summed E-state index contributed by atoms with van der Waals surface area (Å²) in [6.45, 7) is 0. The van der Waals surface area contributed by atoms with Crippen LogP contribution in [-0.4, -0.2) is 29.3 Å². The lowest BCUT2D eigenvalue weighted by Gasteiger charge is -2.13. The Balaban J connectivity index is 2.35. The van der Waals surface area contributed by atoms with Crippen molar-refractivity contribution < 1.29 is 14.6 Å². The molecule has 0 unspecified atom stereocenters. The first-order valence-electron chi connectivity index (χ1n) is 6.82. The summed E-state index contributed by atoms with van der Waals surface area (Å²) in [4.78, 5) is 8.68. The Morgan fingerprint density at radius 1 is 0.958 bits per heavy atom. The molecule has 6 nitrogen and oxygen atoms in total. The lowest BCUT2D eigenvalue weighted by atomic mass is 10.1. The standard InChI is InChI=1S/C16H13I2N3O3/c1-23-12-5-8-11(6-13(12)24-2)20-16(19)21-14(8)7-3-9(17)15(22)10(18)4-7/h3-6,22H,1-2H3,(H2,19,20,21). The second-order valence-corrected chi connectivity index (χ2v) is 7.27. The number of phenols is 1. The molecule has 3 N–H and O–H groups in total. The summed E-state index contributed by atoms with van der Waals surface area (Å²) in [5.74, 6) is 1.58.